The molecule has 0 saturated carbocycles. The van der Waals surface area contributed by atoms with E-state index in [9.17, 15) is 4.79 Å². The lowest BCUT2D eigenvalue weighted by molar-refractivity contribution is -0.151. The van der Waals surface area contributed by atoms with Gasteiger partial charge in [0.05, 0.1) is 11.5 Å². The summed E-state index contributed by atoms with van der Waals surface area (Å²) in [5.74, 6) is -0.688. The predicted molar refractivity (Wildman–Crippen MR) is 51.5 cm³/mol. The number of carboxylic acids is 1. The SMILES string of the molecule is CC(O)CCC(C)(C(=O)O)C(C)C. The van der Waals surface area contributed by atoms with Crippen molar-refractivity contribution in [2.45, 2.75) is 46.6 Å². The molecule has 0 spiro atoms. The van der Waals surface area contributed by atoms with Gasteiger partial charge in [-0.15, -0.1) is 0 Å². The molecule has 0 aliphatic carbocycles. The second-order valence-corrected chi connectivity index (χ2v) is 4.27. The largest absolute Gasteiger partial charge is 0.481 e. The van der Waals surface area contributed by atoms with E-state index in [1.165, 1.54) is 0 Å². The maximum atomic E-state index is 11.0. The molecule has 0 bridgehead atoms. The van der Waals surface area contributed by atoms with Gasteiger partial charge in [0.15, 0.2) is 0 Å². The van der Waals surface area contributed by atoms with Crippen LogP contribution < -0.4 is 0 Å². The highest BCUT2D eigenvalue weighted by molar-refractivity contribution is 5.74. The second-order valence-electron chi connectivity index (χ2n) is 4.27. The second kappa shape index (κ2) is 4.61. The summed E-state index contributed by atoms with van der Waals surface area (Å²) in [6.07, 6.45) is 0.649. The highest BCUT2D eigenvalue weighted by Crippen LogP contribution is 2.33. The van der Waals surface area contributed by atoms with Crippen LogP contribution in [0.2, 0.25) is 0 Å². The molecule has 2 atom stereocenters. The quantitative estimate of drug-likeness (QED) is 0.692. The molecule has 0 aromatic rings. The van der Waals surface area contributed by atoms with E-state index in [0.717, 1.165) is 0 Å². The minimum absolute atomic E-state index is 0.0868. The van der Waals surface area contributed by atoms with Gasteiger partial charge in [0.1, 0.15) is 0 Å². The van der Waals surface area contributed by atoms with E-state index in [4.69, 9.17) is 10.2 Å². The van der Waals surface area contributed by atoms with Crippen molar-refractivity contribution in [1.29, 1.82) is 0 Å². The van der Waals surface area contributed by atoms with Gasteiger partial charge in [-0.2, -0.15) is 0 Å². The Morgan fingerprint density at radius 3 is 2.08 bits per heavy atom. The molecule has 0 aromatic heterocycles. The number of aliphatic hydroxyl groups is 1. The highest BCUT2D eigenvalue weighted by Gasteiger charge is 2.36. The topological polar surface area (TPSA) is 57.5 Å². The Morgan fingerprint density at radius 1 is 1.38 bits per heavy atom. The summed E-state index contributed by atoms with van der Waals surface area (Å²) in [4.78, 5) is 11.0. The van der Waals surface area contributed by atoms with Crippen LogP contribution in [0.15, 0.2) is 0 Å². The molecule has 0 aliphatic rings. The minimum atomic E-state index is -0.775. The van der Waals surface area contributed by atoms with Crippen LogP contribution in [0.5, 0.6) is 0 Å². The molecule has 0 aliphatic heterocycles. The zero-order chi connectivity index (χ0) is 10.6. The van der Waals surface area contributed by atoms with Gasteiger partial charge >= 0.3 is 5.97 Å². The molecule has 2 unspecified atom stereocenters. The lowest BCUT2D eigenvalue weighted by Gasteiger charge is -2.29. The Bertz CT molecular complexity index is 175. The summed E-state index contributed by atoms with van der Waals surface area (Å²) >= 11 is 0. The fraction of sp³-hybridized carbons (Fsp3) is 0.900. The van der Waals surface area contributed by atoms with Crippen LogP contribution in [0.1, 0.15) is 40.5 Å². The maximum Gasteiger partial charge on any atom is 0.309 e. The number of carbonyl (C=O) groups is 1. The van der Waals surface area contributed by atoms with E-state index < -0.39 is 17.5 Å². The fourth-order valence-corrected chi connectivity index (χ4v) is 1.15. The molecule has 13 heavy (non-hydrogen) atoms. The zero-order valence-electron chi connectivity index (χ0n) is 8.87. The van der Waals surface area contributed by atoms with Crippen molar-refractivity contribution in [3.8, 4) is 0 Å². The molecule has 0 heterocycles. The molecule has 3 heteroatoms. The molecule has 0 amide bonds. The smallest absolute Gasteiger partial charge is 0.309 e. The Hall–Kier alpha value is -0.570. The third-order valence-corrected chi connectivity index (χ3v) is 2.84. The van der Waals surface area contributed by atoms with Gasteiger partial charge in [-0.1, -0.05) is 13.8 Å². The average molecular weight is 188 g/mol. The Kier molecular flexibility index (Phi) is 4.40. The van der Waals surface area contributed by atoms with E-state index in [1.54, 1.807) is 13.8 Å². The van der Waals surface area contributed by atoms with Crippen LogP contribution in [0.3, 0.4) is 0 Å². The van der Waals surface area contributed by atoms with Crippen LogP contribution in [0.25, 0.3) is 0 Å². The molecule has 3 nitrogen and oxygen atoms in total. The molecule has 0 fully saturated rings. The first-order valence-corrected chi connectivity index (χ1v) is 4.72. The fourth-order valence-electron chi connectivity index (χ4n) is 1.15. The molecule has 2 N–H and O–H groups in total. The average Bonchev–Trinajstić information content (AvgIpc) is 1.99. The van der Waals surface area contributed by atoms with Gasteiger partial charge in [0.2, 0.25) is 0 Å². The number of aliphatic carboxylic acids is 1. The normalized spacial score (nSPS) is 18.3. The van der Waals surface area contributed by atoms with Crippen LogP contribution in [-0.2, 0) is 4.79 Å². The van der Waals surface area contributed by atoms with Crippen LogP contribution in [-0.4, -0.2) is 22.3 Å². The van der Waals surface area contributed by atoms with Crippen molar-refractivity contribution in [2.24, 2.45) is 11.3 Å². The first-order chi connectivity index (χ1) is 5.80. The Balaban J connectivity index is 4.34. The Morgan fingerprint density at radius 2 is 1.85 bits per heavy atom. The van der Waals surface area contributed by atoms with Crippen LogP contribution >= 0.6 is 0 Å². The first kappa shape index (κ1) is 12.4. The number of aliphatic hydroxyl groups excluding tert-OH is 1. The van der Waals surface area contributed by atoms with E-state index in [2.05, 4.69) is 0 Å². The molecule has 0 radical (unpaired) electrons. The van der Waals surface area contributed by atoms with E-state index in [-0.39, 0.29) is 5.92 Å². The predicted octanol–water partition coefficient (Wildman–Crippen LogP) is 1.89. The third-order valence-electron chi connectivity index (χ3n) is 2.84. The molecule has 0 rings (SSSR count). The van der Waals surface area contributed by atoms with E-state index in [0.29, 0.717) is 12.8 Å². The van der Waals surface area contributed by atoms with Crippen molar-refractivity contribution in [3.63, 3.8) is 0 Å². The van der Waals surface area contributed by atoms with Crippen molar-refractivity contribution < 1.29 is 15.0 Å². The molecule has 0 saturated heterocycles. The summed E-state index contributed by atoms with van der Waals surface area (Å²) in [7, 11) is 0. The number of carboxylic acid groups (broad SMARTS) is 1. The summed E-state index contributed by atoms with van der Waals surface area (Å²) in [6.45, 7) is 7.22. The standard InChI is InChI=1S/C10H20O3/c1-7(2)10(4,9(12)13)6-5-8(3)11/h7-8,11H,5-6H2,1-4H3,(H,12,13). The van der Waals surface area contributed by atoms with Crippen LogP contribution in [0.4, 0.5) is 0 Å². The van der Waals surface area contributed by atoms with Gasteiger partial charge in [-0.3, -0.25) is 4.79 Å². The molecule has 0 aromatic carbocycles. The third kappa shape index (κ3) is 3.35. The van der Waals surface area contributed by atoms with E-state index >= 15 is 0 Å². The summed E-state index contributed by atoms with van der Waals surface area (Å²) in [6, 6.07) is 0. The zero-order valence-corrected chi connectivity index (χ0v) is 8.87. The van der Waals surface area contributed by atoms with Crippen molar-refractivity contribution in [3.05, 3.63) is 0 Å². The van der Waals surface area contributed by atoms with Crippen molar-refractivity contribution >= 4 is 5.97 Å². The summed E-state index contributed by atoms with van der Waals surface area (Å²) in [5.41, 5.74) is -0.711. The lowest BCUT2D eigenvalue weighted by Crippen LogP contribution is -2.33. The summed E-state index contributed by atoms with van der Waals surface area (Å²) < 4.78 is 0. The molecular formula is C10H20O3. The van der Waals surface area contributed by atoms with Gasteiger partial charge in [-0.25, -0.2) is 0 Å². The van der Waals surface area contributed by atoms with E-state index in [1.807, 2.05) is 13.8 Å². The van der Waals surface area contributed by atoms with Crippen molar-refractivity contribution in [2.75, 3.05) is 0 Å². The van der Waals surface area contributed by atoms with Gasteiger partial charge in [0, 0.05) is 0 Å². The monoisotopic (exact) mass is 188 g/mol. The highest BCUT2D eigenvalue weighted by atomic mass is 16.4. The Labute approximate surface area is 79.8 Å². The van der Waals surface area contributed by atoms with Crippen LogP contribution in [0, 0.1) is 11.3 Å². The number of hydrogen-bond acceptors (Lipinski definition) is 2. The maximum absolute atomic E-state index is 11.0. The van der Waals surface area contributed by atoms with Crippen molar-refractivity contribution in [1.82, 2.24) is 0 Å². The minimum Gasteiger partial charge on any atom is -0.481 e. The first-order valence-electron chi connectivity index (χ1n) is 4.72. The number of rotatable bonds is 5. The lowest BCUT2D eigenvalue weighted by atomic mass is 9.75. The molecule has 78 valence electrons. The van der Waals surface area contributed by atoms with Gasteiger partial charge in [-0.05, 0) is 32.6 Å². The summed E-state index contributed by atoms with van der Waals surface area (Å²) in [5, 5.41) is 18.1. The van der Waals surface area contributed by atoms with Gasteiger partial charge < -0.3 is 10.2 Å². The number of hydrogen-bond donors (Lipinski definition) is 2. The van der Waals surface area contributed by atoms with Gasteiger partial charge in [0.25, 0.3) is 0 Å². The molecular weight excluding hydrogens is 168 g/mol.